The second-order valence-corrected chi connectivity index (χ2v) is 7.56. The molecule has 6 heteroatoms. The van der Waals surface area contributed by atoms with Crippen LogP contribution in [-0.4, -0.2) is 26.3 Å². The topological polar surface area (TPSA) is 75.6 Å². The molecule has 2 N–H and O–H groups in total. The Hall–Kier alpha value is -3.41. The predicted octanol–water partition coefficient (Wildman–Crippen LogP) is 3.54. The maximum absolute atomic E-state index is 12.5. The zero-order valence-electron chi connectivity index (χ0n) is 15.4. The summed E-state index contributed by atoms with van der Waals surface area (Å²) in [6.07, 6.45) is 4.97. The molecule has 0 aliphatic heterocycles. The highest BCUT2D eigenvalue weighted by atomic mass is 16.1. The molecule has 5 rings (SSSR count). The third kappa shape index (κ3) is 3.17. The minimum absolute atomic E-state index is 0.178. The number of H-pyrrole nitrogens is 1. The second kappa shape index (κ2) is 6.64. The van der Waals surface area contributed by atoms with Gasteiger partial charge in [-0.1, -0.05) is 48.5 Å². The van der Waals surface area contributed by atoms with E-state index in [-0.39, 0.29) is 11.0 Å². The van der Waals surface area contributed by atoms with Crippen LogP contribution < -0.4 is 10.9 Å². The van der Waals surface area contributed by atoms with Crippen molar-refractivity contribution < 1.29 is 0 Å². The molecule has 1 saturated carbocycles. The van der Waals surface area contributed by atoms with Gasteiger partial charge in [0.1, 0.15) is 5.39 Å². The number of hydrogen-bond acceptors (Lipinski definition) is 4. The van der Waals surface area contributed by atoms with Crippen LogP contribution in [0.5, 0.6) is 0 Å². The summed E-state index contributed by atoms with van der Waals surface area (Å²) < 4.78 is 1.70. The van der Waals surface area contributed by atoms with Crippen LogP contribution in [0.25, 0.3) is 16.7 Å². The Morgan fingerprint density at radius 2 is 1.75 bits per heavy atom. The van der Waals surface area contributed by atoms with Gasteiger partial charge in [-0.3, -0.25) is 9.78 Å². The molecule has 0 spiro atoms. The van der Waals surface area contributed by atoms with Gasteiger partial charge in [0.15, 0.2) is 5.65 Å². The zero-order chi connectivity index (χ0) is 19.0. The van der Waals surface area contributed by atoms with Crippen molar-refractivity contribution in [1.29, 1.82) is 0 Å². The van der Waals surface area contributed by atoms with Crippen LogP contribution in [0.4, 0.5) is 5.95 Å². The van der Waals surface area contributed by atoms with Crippen LogP contribution in [0.3, 0.4) is 0 Å². The molecule has 28 heavy (non-hydrogen) atoms. The number of anilines is 1. The Bertz CT molecular complexity index is 1160. The van der Waals surface area contributed by atoms with Gasteiger partial charge >= 0.3 is 0 Å². The van der Waals surface area contributed by atoms with Crippen LogP contribution in [-0.2, 0) is 6.42 Å². The quantitative estimate of drug-likeness (QED) is 0.544. The van der Waals surface area contributed by atoms with E-state index in [0.717, 1.165) is 18.7 Å². The molecule has 1 aliphatic carbocycles. The van der Waals surface area contributed by atoms with Crippen molar-refractivity contribution in [3.8, 4) is 5.69 Å². The molecule has 6 nitrogen and oxygen atoms in total. The predicted molar refractivity (Wildman–Crippen MR) is 110 cm³/mol. The van der Waals surface area contributed by atoms with Gasteiger partial charge in [0, 0.05) is 6.54 Å². The van der Waals surface area contributed by atoms with Gasteiger partial charge in [-0.05, 0) is 42.4 Å². The number of hydrogen-bond donors (Lipinski definition) is 2. The van der Waals surface area contributed by atoms with Crippen LogP contribution in [0, 0.1) is 5.41 Å². The monoisotopic (exact) mass is 371 g/mol. The molecule has 2 aromatic carbocycles. The van der Waals surface area contributed by atoms with E-state index in [4.69, 9.17) is 0 Å². The average molecular weight is 371 g/mol. The van der Waals surface area contributed by atoms with Crippen molar-refractivity contribution >= 4 is 17.0 Å². The van der Waals surface area contributed by atoms with Crippen molar-refractivity contribution in [3.63, 3.8) is 0 Å². The van der Waals surface area contributed by atoms with E-state index in [1.165, 1.54) is 18.4 Å². The molecule has 1 aliphatic rings. The lowest BCUT2D eigenvalue weighted by Gasteiger charge is -2.16. The van der Waals surface area contributed by atoms with Gasteiger partial charge in [-0.15, -0.1) is 0 Å². The fraction of sp³-hybridized carbons (Fsp3) is 0.227. The maximum atomic E-state index is 12.5. The first-order valence-corrected chi connectivity index (χ1v) is 9.54. The van der Waals surface area contributed by atoms with Gasteiger partial charge in [0.05, 0.1) is 11.9 Å². The summed E-state index contributed by atoms with van der Waals surface area (Å²) in [4.78, 5) is 20.0. The third-order valence-corrected chi connectivity index (χ3v) is 5.45. The van der Waals surface area contributed by atoms with Crippen LogP contribution in [0.15, 0.2) is 71.7 Å². The first kappa shape index (κ1) is 16.7. The largest absolute Gasteiger partial charge is 0.355 e. The Kier molecular flexibility index (Phi) is 3.97. The van der Waals surface area contributed by atoms with E-state index in [0.29, 0.717) is 17.0 Å². The Balaban J connectivity index is 1.40. The summed E-state index contributed by atoms with van der Waals surface area (Å²) in [6.45, 7) is 0.788. The highest BCUT2D eigenvalue weighted by molar-refractivity contribution is 5.76. The zero-order valence-corrected chi connectivity index (χ0v) is 15.4. The molecule has 2 aromatic heterocycles. The van der Waals surface area contributed by atoms with Gasteiger partial charge in [0.2, 0.25) is 5.95 Å². The van der Waals surface area contributed by atoms with Crippen LogP contribution in [0.1, 0.15) is 18.4 Å². The lowest BCUT2D eigenvalue weighted by atomic mass is 9.96. The molecule has 4 aromatic rings. The number of aromatic nitrogens is 4. The number of benzene rings is 2. The van der Waals surface area contributed by atoms with E-state index in [2.05, 4.69) is 44.6 Å². The summed E-state index contributed by atoms with van der Waals surface area (Å²) in [5, 5.41) is 8.20. The van der Waals surface area contributed by atoms with Gasteiger partial charge in [-0.25, -0.2) is 4.68 Å². The van der Waals surface area contributed by atoms with E-state index in [9.17, 15) is 4.79 Å². The highest BCUT2D eigenvalue weighted by Gasteiger charge is 2.42. The van der Waals surface area contributed by atoms with Crippen LogP contribution >= 0.6 is 0 Å². The van der Waals surface area contributed by atoms with E-state index in [1.807, 2.05) is 36.4 Å². The number of nitrogens with one attached hydrogen (secondary N) is 2. The Labute approximate surface area is 162 Å². The summed E-state index contributed by atoms with van der Waals surface area (Å²) in [5.74, 6) is 0.495. The fourth-order valence-corrected chi connectivity index (χ4v) is 3.65. The summed E-state index contributed by atoms with van der Waals surface area (Å²) in [7, 11) is 0. The Morgan fingerprint density at radius 3 is 2.46 bits per heavy atom. The molecular weight excluding hydrogens is 350 g/mol. The fourth-order valence-electron chi connectivity index (χ4n) is 3.65. The number of nitrogens with zero attached hydrogens (tertiary/aromatic N) is 3. The molecule has 0 bridgehead atoms. The van der Waals surface area contributed by atoms with Gasteiger partial charge in [-0.2, -0.15) is 10.1 Å². The molecule has 0 unspecified atom stereocenters. The highest BCUT2D eigenvalue weighted by Crippen LogP contribution is 2.48. The molecule has 1 fully saturated rings. The third-order valence-electron chi connectivity index (χ3n) is 5.45. The van der Waals surface area contributed by atoms with Gasteiger partial charge < -0.3 is 5.32 Å². The smallest absolute Gasteiger partial charge is 0.263 e. The van der Waals surface area contributed by atoms with Crippen molar-refractivity contribution in [2.75, 3.05) is 11.9 Å². The van der Waals surface area contributed by atoms with Crippen molar-refractivity contribution in [2.24, 2.45) is 5.41 Å². The number of rotatable bonds is 6. The molecule has 0 radical (unpaired) electrons. The lowest BCUT2D eigenvalue weighted by molar-refractivity contribution is 0.536. The SMILES string of the molecule is O=c1[nH]c(NCC2(Cc3ccccc3)CC2)nc2c1cnn2-c1ccccc1. The van der Waals surface area contributed by atoms with Crippen molar-refractivity contribution in [2.45, 2.75) is 19.3 Å². The molecule has 0 amide bonds. The van der Waals surface area contributed by atoms with Crippen molar-refractivity contribution in [1.82, 2.24) is 19.7 Å². The molecule has 140 valence electrons. The van der Waals surface area contributed by atoms with Gasteiger partial charge in [0.25, 0.3) is 5.56 Å². The number of fused-ring (bicyclic) bond motifs is 1. The molecule has 0 saturated heterocycles. The van der Waals surface area contributed by atoms with E-state index >= 15 is 0 Å². The minimum atomic E-state index is -0.178. The summed E-state index contributed by atoms with van der Waals surface area (Å²) in [6, 6.07) is 20.3. The van der Waals surface area contributed by atoms with E-state index < -0.39 is 0 Å². The first-order valence-electron chi connectivity index (χ1n) is 9.54. The molecule has 2 heterocycles. The number of para-hydroxylation sites is 1. The minimum Gasteiger partial charge on any atom is -0.355 e. The Morgan fingerprint density at radius 1 is 1.04 bits per heavy atom. The molecular formula is C22H21N5O. The normalized spacial score (nSPS) is 14.9. The standard InChI is InChI=1S/C22H21N5O/c28-20-18-14-24-27(17-9-5-2-6-10-17)19(18)25-21(26-20)23-15-22(11-12-22)13-16-7-3-1-4-8-16/h1-10,14H,11-13,15H2,(H2,23,25,26,28). The van der Waals surface area contributed by atoms with Crippen LogP contribution in [0.2, 0.25) is 0 Å². The second-order valence-electron chi connectivity index (χ2n) is 7.56. The lowest BCUT2D eigenvalue weighted by Crippen LogP contribution is -2.21. The summed E-state index contributed by atoms with van der Waals surface area (Å²) >= 11 is 0. The molecule has 0 atom stereocenters. The maximum Gasteiger partial charge on any atom is 0.263 e. The van der Waals surface area contributed by atoms with E-state index in [1.54, 1.807) is 10.9 Å². The van der Waals surface area contributed by atoms with Crippen molar-refractivity contribution in [3.05, 3.63) is 82.8 Å². The number of aromatic amines is 1. The average Bonchev–Trinajstić information content (AvgIpc) is 3.35. The first-order chi connectivity index (χ1) is 13.7. The summed E-state index contributed by atoms with van der Waals surface area (Å²) in [5.41, 5.74) is 2.85.